The highest BCUT2D eigenvalue weighted by atomic mass is 127. The highest BCUT2D eigenvalue weighted by molar-refractivity contribution is 14.1. The fraction of sp³-hybridized carbons (Fsp3) is 0.308. The summed E-state index contributed by atoms with van der Waals surface area (Å²) in [5.41, 5.74) is 2.41. The van der Waals surface area contributed by atoms with Crippen molar-refractivity contribution in [2.24, 2.45) is 7.05 Å². The largest absolute Gasteiger partial charge is 0.313 e. The van der Waals surface area contributed by atoms with Crippen molar-refractivity contribution in [2.75, 3.05) is 7.05 Å². The summed E-state index contributed by atoms with van der Waals surface area (Å²) >= 11 is 5.91. The van der Waals surface area contributed by atoms with Gasteiger partial charge in [0.15, 0.2) is 0 Å². The van der Waals surface area contributed by atoms with Gasteiger partial charge in [-0.25, -0.2) is 0 Å². The molecule has 0 aliphatic rings. The molecule has 5 heteroatoms. The Bertz CT molecular complexity index is 539. The number of rotatable bonds is 4. The van der Waals surface area contributed by atoms with E-state index in [0.29, 0.717) is 0 Å². The van der Waals surface area contributed by atoms with Crippen LogP contribution >= 0.6 is 38.5 Å². The molecular formula is C13H15BrIN3. The zero-order valence-corrected chi connectivity index (χ0v) is 14.1. The van der Waals surface area contributed by atoms with E-state index in [0.717, 1.165) is 16.6 Å². The Morgan fingerprint density at radius 2 is 2.22 bits per heavy atom. The van der Waals surface area contributed by atoms with E-state index in [4.69, 9.17) is 0 Å². The van der Waals surface area contributed by atoms with Gasteiger partial charge >= 0.3 is 0 Å². The van der Waals surface area contributed by atoms with Gasteiger partial charge in [0.1, 0.15) is 0 Å². The lowest BCUT2D eigenvalue weighted by Crippen LogP contribution is -2.20. The summed E-state index contributed by atoms with van der Waals surface area (Å²) in [6.07, 6.45) is 2.87. The SMILES string of the molecule is CNC(Cc1ccn(C)n1)c1cc(Br)ccc1I. The summed E-state index contributed by atoms with van der Waals surface area (Å²) in [7, 11) is 3.94. The summed E-state index contributed by atoms with van der Waals surface area (Å²) in [6, 6.07) is 8.71. The molecule has 0 saturated carbocycles. The van der Waals surface area contributed by atoms with Crippen molar-refractivity contribution in [1.29, 1.82) is 0 Å². The average molecular weight is 420 g/mol. The number of likely N-dealkylation sites (N-methyl/N-ethyl adjacent to an activating group) is 1. The van der Waals surface area contributed by atoms with Gasteiger partial charge in [-0.1, -0.05) is 15.9 Å². The molecule has 0 aliphatic heterocycles. The Morgan fingerprint density at radius 1 is 1.44 bits per heavy atom. The lowest BCUT2D eigenvalue weighted by Gasteiger charge is -2.17. The quantitative estimate of drug-likeness (QED) is 0.770. The smallest absolute Gasteiger partial charge is 0.0643 e. The van der Waals surface area contributed by atoms with E-state index in [1.807, 2.05) is 25.0 Å². The molecule has 1 aromatic heterocycles. The van der Waals surface area contributed by atoms with Crippen LogP contribution < -0.4 is 5.32 Å². The number of nitrogens with one attached hydrogen (secondary N) is 1. The maximum atomic E-state index is 4.44. The second-order valence-electron chi connectivity index (χ2n) is 4.19. The second-order valence-corrected chi connectivity index (χ2v) is 6.27. The average Bonchev–Trinajstić information content (AvgIpc) is 2.75. The second kappa shape index (κ2) is 6.16. The van der Waals surface area contributed by atoms with Crippen LogP contribution in [0.1, 0.15) is 17.3 Å². The fourth-order valence-electron chi connectivity index (χ4n) is 1.93. The number of hydrogen-bond donors (Lipinski definition) is 1. The van der Waals surface area contributed by atoms with Gasteiger partial charge in [0, 0.05) is 33.8 Å². The lowest BCUT2D eigenvalue weighted by molar-refractivity contribution is 0.574. The van der Waals surface area contributed by atoms with Gasteiger partial charge in [-0.15, -0.1) is 0 Å². The number of aryl methyl sites for hydroxylation is 1. The van der Waals surface area contributed by atoms with Crippen LogP contribution in [0.2, 0.25) is 0 Å². The van der Waals surface area contributed by atoms with Crippen LogP contribution in [0.4, 0.5) is 0 Å². The Hall–Kier alpha value is -0.400. The first-order valence-corrected chi connectivity index (χ1v) is 7.58. The molecule has 3 nitrogen and oxygen atoms in total. The minimum absolute atomic E-state index is 0.282. The van der Waals surface area contributed by atoms with E-state index in [1.54, 1.807) is 0 Å². The molecule has 1 aromatic carbocycles. The van der Waals surface area contributed by atoms with Gasteiger partial charge in [-0.05, 0) is 59.5 Å². The molecule has 0 amide bonds. The first-order valence-electron chi connectivity index (χ1n) is 5.71. The van der Waals surface area contributed by atoms with Crippen LogP contribution in [0.5, 0.6) is 0 Å². The monoisotopic (exact) mass is 419 g/mol. The third-order valence-corrected chi connectivity index (χ3v) is 4.34. The molecule has 1 N–H and O–H groups in total. The number of nitrogens with zero attached hydrogens (tertiary/aromatic N) is 2. The van der Waals surface area contributed by atoms with Gasteiger partial charge in [0.25, 0.3) is 0 Å². The zero-order valence-electron chi connectivity index (χ0n) is 10.3. The first-order chi connectivity index (χ1) is 8.60. The zero-order chi connectivity index (χ0) is 13.1. The predicted molar refractivity (Wildman–Crippen MR) is 85.6 cm³/mol. The standard InChI is InChI=1S/C13H15BrIN3/c1-16-13(8-10-5-6-18(2)17-10)11-7-9(14)3-4-12(11)15/h3-7,13,16H,8H2,1-2H3. The summed E-state index contributed by atoms with van der Waals surface area (Å²) in [4.78, 5) is 0. The van der Waals surface area contributed by atoms with E-state index < -0.39 is 0 Å². The minimum Gasteiger partial charge on any atom is -0.313 e. The fourth-order valence-corrected chi connectivity index (χ4v) is 3.02. The first kappa shape index (κ1) is 14.0. The van der Waals surface area contributed by atoms with Crippen molar-refractivity contribution in [3.8, 4) is 0 Å². The molecule has 1 heterocycles. The van der Waals surface area contributed by atoms with Crippen molar-refractivity contribution in [2.45, 2.75) is 12.5 Å². The van der Waals surface area contributed by atoms with Crippen LogP contribution in [0, 0.1) is 3.57 Å². The molecule has 0 radical (unpaired) electrons. The van der Waals surface area contributed by atoms with Crippen LogP contribution in [0.25, 0.3) is 0 Å². The highest BCUT2D eigenvalue weighted by Crippen LogP contribution is 2.26. The molecule has 0 spiro atoms. The Labute approximate surface area is 129 Å². The van der Waals surface area contributed by atoms with Gasteiger partial charge in [0.05, 0.1) is 5.69 Å². The van der Waals surface area contributed by atoms with Crippen LogP contribution in [-0.2, 0) is 13.5 Å². The molecule has 2 rings (SSSR count). The Kier molecular flexibility index (Phi) is 4.80. The van der Waals surface area contributed by atoms with E-state index in [-0.39, 0.29) is 6.04 Å². The van der Waals surface area contributed by atoms with E-state index >= 15 is 0 Å². The van der Waals surface area contributed by atoms with E-state index in [9.17, 15) is 0 Å². The van der Waals surface area contributed by atoms with E-state index in [1.165, 1.54) is 9.13 Å². The maximum absolute atomic E-state index is 4.44. The highest BCUT2D eigenvalue weighted by Gasteiger charge is 2.15. The molecule has 0 fully saturated rings. The predicted octanol–water partition coefficient (Wildman–Crippen LogP) is 3.29. The Balaban J connectivity index is 2.25. The molecule has 2 aromatic rings. The third kappa shape index (κ3) is 3.33. The lowest BCUT2D eigenvalue weighted by atomic mass is 10.0. The summed E-state index contributed by atoms with van der Waals surface area (Å²) in [5, 5.41) is 7.81. The van der Waals surface area contributed by atoms with Crippen molar-refractivity contribution in [3.05, 3.63) is 49.8 Å². The molecule has 18 heavy (non-hydrogen) atoms. The molecular weight excluding hydrogens is 405 g/mol. The van der Waals surface area contributed by atoms with Crippen LogP contribution in [0.15, 0.2) is 34.9 Å². The van der Waals surface area contributed by atoms with Crippen molar-refractivity contribution >= 4 is 38.5 Å². The molecule has 0 bridgehead atoms. The maximum Gasteiger partial charge on any atom is 0.0643 e. The number of benzene rings is 1. The van der Waals surface area contributed by atoms with Gasteiger partial charge in [-0.2, -0.15) is 5.10 Å². The Morgan fingerprint density at radius 3 is 2.83 bits per heavy atom. The van der Waals surface area contributed by atoms with E-state index in [2.05, 4.69) is 73.2 Å². The van der Waals surface area contributed by atoms with Crippen LogP contribution in [0.3, 0.4) is 0 Å². The number of aromatic nitrogens is 2. The molecule has 1 unspecified atom stereocenters. The topological polar surface area (TPSA) is 29.9 Å². The molecule has 0 aliphatic carbocycles. The van der Waals surface area contributed by atoms with Crippen molar-refractivity contribution in [1.82, 2.24) is 15.1 Å². The third-order valence-electron chi connectivity index (χ3n) is 2.86. The van der Waals surface area contributed by atoms with Crippen LogP contribution in [-0.4, -0.2) is 16.8 Å². The summed E-state index contributed by atoms with van der Waals surface area (Å²) in [5.74, 6) is 0. The normalized spacial score (nSPS) is 12.7. The molecule has 96 valence electrons. The summed E-state index contributed by atoms with van der Waals surface area (Å²) < 4.78 is 4.22. The van der Waals surface area contributed by atoms with Gasteiger partial charge in [0.2, 0.25) is 0 Å². The molecule has 0 saturated heterocycles. The minimum atomic E-state index is 0.282. The number of halogens is 2. The number of hydrogen-bond acceptors (Lipinski definition) is 2. The van der Waals surface area contributed by atoms with Gasteiger partial charge < -0.3 is 5.32 Å². The molecule has 1 atom stereocenters. The van der Waals surface area contributed by atoms with Crippen molar-refractivity contribution < 1.29 is 0 Å². The summed E-state index contributed by atoms with van der Waals surface area (Å²) in [6.45, 7) is 0. The van der Waals surface area contributed by atoms with Gasteiger partial charge in [-0.3, -0.25) is 4.68 Å². The van der Waals surface area contributed by atoms with Crippen molar-refractivity contribution in [3.63, 3.8) is 0 Å².